The molecule has 0 radical (unpaired) electrons. The second kappa shape index (κ2) is 7.98. The van der Waals surface area contributed by atoms with Crippen LogP contribution in [-0.2, 0) is 18.8 Å². The number of hydrogen-bond acceptors (Lipinski definition) is 7. The molecule has 1 heterocycles. The number of aromatic hydroxyl groups is 1. The maximum atomic E-state index is 12.2. The van der Waals surface area contributed by atoms with Crippen molar-refractivity contribution in [2.45, 2.75) is 58.1 Å². The van der Waals surface area contributed by atoms with E-state index in [4.69, 9.17) is 23.5 Å². The van der Waals surface area contributed by atoms with Crippen molar-refractivity contribution in [1.82, 2.24) is 0 Å². The molecule has 2 rings (SSSR count). The van der Waals surface area contributed by atoms with Crippen molar-refractivity contribution in [1.29, 1.82) is 0 Å². The van der Waals surface area contributed by atoms with Crippen molar-refractivity contribution in [3.63, 3.8) is 0 Å². The number of methoxy groups -OCH3 is 2. The van der Waals surface area contributed by atoms with Crippen LogP contribution in [0.1, 0.15) is 52.4 Å². The summed E-state index contributed by atoms with van der Waals surface area (Å²) in [5.41, 5.74) is -0.404. The average molecular weight is 380 g/mol. The molecule has 0 aliphatic carbocycles. The maximum Gasteiger partial charge on any atom is 0.466 e. The third kappa shape index (κ3) is 4.33. The van der Waals surface area contributed by atoms with E-state index in [-0.39, 0.29) is 36.2 Å². The lowest BCUT2D eigenvalue weighted by Crippen LogP contribution is -2.41. The third-order valence-corrected chi connectivity index (χ3v) is 5.22. The number of rotatable bonds is 7. The van der Waals surface area contributed by atoms with Gasteiger partial charge in [-0.25, -0.2) is 0 Å². The topological polar surface area (TPSA) is 83.5 Å². The van der Waals surface area contributed by atoms with E-state index in [2.05, 4.69) is 0 Å². The van der Waals surface area contributed by atoms with Gasteiger partial charge in [-0.2, -0.15) is 0 Å². The van der Waals surface area contributed by atoms with E-state index in [1.165, 1.54) is 14.2 Å². The number of phenolic OH excluding ortho intramolecular Hbond substituents is 1. The Balaban J connectivity index is 2.46. The minimum atomic E-state index is -0.668. The first-order valence-electron chi connectivity index (χ1n) is 9.02. The first-order chi connectivity index (χ1) is 12.6. The predicted molar refractivity (Wildman–Crippen MR) is 101 cm³/mol. The molecule has 0 bridgehead atoms. The molecule has 1 unspecified atom stereocenters. The molecule has 150 valence electrons. The van der Waals surface area contributed by atoms with Crippen LogP contribution in [0.4, 0.5) is 0 Å². The van der Waals surface area contributed by atoms with Crippen LogP contribution >= 0.6 is 0 Å². The molecule has 7 nitrogen and oxygen atoms in total. The fourth-order valence-electron chi connectivity index (χ4n) is 2.95. The van der Waals surface area contributed by atoms with Crippen LogP contribution in [0.5, 0.6) is 17.2 Å². The smallest absolute Gasteiger partial charge is 0.466 e. The molecular formula is C19H29BO7. The van der Waals surface area contributed by atoms with Crippen molar-refractivity contribution in [2.75, 3.05) is 20.8 Å². The molecular weight excluding hydrogens is 351 g/mol. The van der Waals surface area contributed by atoms with Gasteiger partial charge in [0.25, 0.3) is 0 Å². The SMILES string of the molecule is CCOC(=O)CC(B1OC(C)(C)C(C)(C)O1)c1cc(OC)c(O)c(OC)c1. The van der Waals surface area contributed by atoms with E-state index in [0.717, 1.165) is 0 Å². The van der Waals surface area contributed by atoms with Crippen LogP contribution < -0.4 is 9.47 Å². The van der Waals surface area contributed by atoms with Gasteiger partial charge in [-0.05, 0) is 52.3 Å². The maximum absolute atomic E-state index is 12.2. The quantitative estimate of drug-likeness (QED) is 0.575. The van der Waals surface area contributed by atoms with Gasteiger partial charge in [0.2, 0.25) is 5.75 Å². The summed E-state index contributed by atoms with van der Waals surface area (Å²) in [7, 11) is 2.24. The van der Waals surface area contributed by atoms with Crippen molar-refractivity contribution < 1.29 is 33.4 Å². The Morgan fingerprint density at radius 2 is 1.59 bits per heavy atom. The molecule has 1 aromatic carbocycles. The fraction of sp³-hybridized carbons (Fsp3) is 0.632. The number of phenols is 1. The van der Waals surface area contributed by atoms with Crippen LogP contribution in [0.25, 0.3) is 0 Å². The Kier molecular flexibility index (Phi) is 6.32. The Hall–Kier alpha value is -1.93. The van der Waals surface area contributed by atoms with Crippen LogP contribution in [0.2, 0.25) is 0 Å². The summed E-state index contributed by atoms with van der Waals surface area (Å²) < 4.78 is 28.0. The Morgan fingerprint density at radius 3 is 2.00 bits per heavy atom. The lowest BCUT2D eigenvalue weighted by atomic mass is 9.66. The number of benzene rings is 1. The van der Waals surface area contributed by atoms with E-state index in [9.17, 15) is 9.90 Å². The predicted octanol–water partition coefficient (Wildman–Crippen LogP) is 3.08. The Morgan fingerprint density at radius 1 is 1.11 bits per heavy atom. The number of hydrogen-bond donors (Lipinski definition) is 1. The van der Waals surface area contributed by atoms with Gasteiger partial charge in [0.15, 0.2) is 11.5 Å². The molecule has 1 N–H and O–H groups in total. The zero-order valence-corrected chi connectivity index (χ0v) is 17.1. The fourth-order valence-corrected chi connectivity index (χ4v) is 2.95. The van der Waals surface area contributed by atoms with E-state index in [1.807, 2.05) is 27.7 Å². The van der Waals surface area contributed by atoms with Crippen LogP contribution in [0.3, 0.4) is 0 Å². The first kappa shape index (κ1) is 21.4. The lowest BCUT2D eigenvalue weighted by molar-refractivity contribution is -0.143. The molecule has 1 atom stereocenters. The van der Waals surface area contributed by atoms with E-state index < -0.39 is 24.1 Å². The van der Waals surface area contributed by atoms with Crippen molar-refractivity contribution >= 4 is 13.1 Å². The molecule has 1 saturated heterocycles. The average Bonchev–Trinajstić information content (AvgIpc) is 2.81. The minimum Gasteiger partial charge on any atom is -0.502 e. The van der Waals surface area contributed by atoms with Gasteiger partial charge < -0.3 is 28.6 Å². The summed E-state index contributed by atoms with van der Waals surface area (Å²) in [5.74, 6) is -0.436. The molecule has 1 fully saturated rings. The Bertz CT molecular complexity index is 646. The van der Waals surface area contributed by atoms with Crippen molar-refractivity contribution in [3.8, 4) is 17.2 Å². The number of esters is 1. The van der Waals surface area contributed by atoms with Crippen molar-refractivity contribution in [3.05, 3.63) is 17.7 Å². The second-order valence-corrected chi connectivity index (χ2v) is 7.51. The van der Waals surface area contributed by atoms with Gasteiger partial charge in [-0.15, -0.1) is 0 Å². The number of carbonyl (C=O) groups excluding carboxylic acids is 1. The number of ether oxygens (including phenoxy) is 3. The second-order valence-electron chi connectivity index (χ2n) is 7.51. The first-order valence-corrected chi connectivity index (χ1v) is 9.02. The summed E-state index contributed by atoms with van der Waals surface area (Å²) in [6.45, 7) is 9.85. The normalized spacial score (nSPS) is 18.9. The summed E-state index contributed by atoms with van der Waals surface area (Å²) in [6, 6.07) is 3.32. The molecule has 1 aliphatic rings. The molecule has 0 saturated carbocycles. The number of carbonyl (C=O) groups is 1. The third-order valence-electron chi connectivity index (χ3n) is 5.22. The zero-order valence-electron chi connectivity index (χ0n) is 17.1. The van der Waals surface area contributed by atoms with Gasteiger partial charge in [0.1, 0.15) is 0 Å². The zero-order chi connectivity index (χ0) is 20.4. The van der Waals surface area contributed by atoms with E-state index >= 15 is 0 Å². The molecule has 8 heteroatoms. The highest BCUT2D eigenvalue weighted by molar-refractivity contribution is 6.48. The van der Waals surface area contributed by atoms with Crippen LogP contribution in [-0.4, -0.2) is 50.2 Å². The van der Waals surface area contributed by atoms with Gasteiger partial charge in [-0.3, -0.25) is 4.79 Å². The van der Waals surface area contributed by atoms with E-state index in [0.29, 0.717) is 5.56 Å². The molecule has 1 aromatic rings. The van der Waals surface area contributed by atoms with Gasteiger partial charge in [-0.1, -0.05) is 0 Å². The van der Waals surface area contributed by atoms with Gasteiger partial charge in [0, 0.05) is 5.82 Å². The summed E-state index contributed by atoms with van der Waals surface area (Å²) in [6.07, 6.45) is 0.0573. The van der Waals surface area contributed by atoms with E-state index in [1.54, 1.807) is 19.1 Å². The molecule has 0 aromatic heterocycles. The molecule has 27 heavy (non-hydrogen) atoms. The highest BCUT2D eigenvalue weighted by Gasteiger charge is 2.54. The molecule has 1 aliphatic heterocycles. The highest BCUT2D eigenvalue weighted by Crippen LogP contribution is 2.45. The summed E-state index contributed by atoms with van der Waals surface area (Å²) >= 11 is 0. The van der Waals surface area contributed by atoms with Gasteiger partial charge in [0.05, 0.1) is 38.4 Å². The monoisotopic (exact) mass is 380 g/mol. The standard InChI is InChI=1S/C19H29BO7/c1-8-25-16(21)11-13(20-26-18(2,3)19(4,5)27-20)12-9-14(23-6)17(22)15(10-12)24-7/h9-10,13,22H,8,11H2,1-7H3. The van der Waals surface area contributed by atoms with Gasteiger partial charge >= 0.3 is 13.1 Å². The van der Waals surface area contributed by atoms with Crippen LogP contribution in [0.15, 0.2) is 12.1 Å². The molecule has 0 amide bonds. The highest BCUT2D eigenvalue weighted by atomic mass is 16.7. The summed E-state index contributed by atoms with van der Waals surface area (Å²) in [4.78, 5) is 12.2. The Labute approximate surface area is 161 Å². The lowest BCUT2D eigenvalue weighted by Gasteiger charge is -2.32. The summed E-state index contributed by atoms with van der Waals surface area (Å²) in [5, 5.41) is 10.2. The minimum absolute atomic E-state index is 0.0573. The largest absolute Gasteiger partial charge is 0.502 e. The molecule has 0 spiro atoms. The van der Waals surface area contributed by atoms with Crippen molar-refractivity contribution in [2.24, 2.45) is 0 Å². The van der Waals surface area contributed by atoms with Crippen LogP contribution in [0, 0.1) is 0 Å².